The molecule has 0 saturated carbocycles. The summed E-state index contributed by atoms with van der Waals surface area (Å²) in [6, 6.07) is 2.20. The van der Waals surface area contributed by atoms with Crippen molar-refractivity contribution in [2.75, 3.05) is 6.61 Å². The topological polar surface area (TPSA) is 9.23 Å². The Morgan fingerprint density at radius 3 is 3.45 bits per heavy atom. The number of aryl methyl sites for hydroxylation is 1. The van der Waals surface area contributed by atoms with Crippen molar-refractivity contribution in [1.82, 2.24) is 0 Å². The van der Waals surface area contributed by atoms with E-state index in [1.165, 1.54) is 23.3 Å². The maximum Gasteiger partial charge on any atom is 0.0838 e. The van der Waals surface area contributed by atoms with Crippen molar-refractivity contribution in [3.63, 3.8) is 0 Å². The minimum Gasteiger partial charge on any atom is -0.374 e. The van der Waals surface area contributed by atoms with E-state index < -0.39 is 0 Å². The molecular formula is C9H12OS. The summed E-state index contributed by atoms with van der Waals surface area (Å²) in [6.07, 6.45) is 2.81. The molecule has 0 N–H and O–H groups in total. The maximum absolute atomic E-state index is 5.59. The molecule has 1 aliphatic carbocycles. The number of hydrogen-bond donors (Lipinski definition) is 0. The Morgan fingerprint density at radius 1 is 1.73 bits per heavy atom. The first kappa shape index (κ1) is 7.32. The van der Waals surface area contributed by atoms with Crippen LogP contribution in [0.4, 0.5) is 0 Å². The van der Waals surface area contributed by atoms with Crippen LogP contribution in [0, 0.1) is 0 Å². The normalized spacial score (nSPS) is 22.1. The quantitative estimate of drug-likeness (QED) is 0.659. The first-order valence-electron chi connectivity index (χ1n) is 4.09. The van der Waals surface area contributed by atoms with Gasteiger partial charge < -0.3 is 4.74 Å². The molecule has 1 aliphatic rings. The molecule has 0 radical (unpaired) electrons. The van der Waals surface area contributed by atoms with E-state index in [4.69, 9.17) is 4.74 Å². The highest BCUT2D eigenvalue weighted by Gasteiger charge is 2.23. The molecular weight excluding hydrogens is 156 g/mol. The number of fused-ring (bicyclic) bond motifs is 1. The van der Waals surface area contributed by atoms with E-state index in [1.807, 2.05) is 11.3 Å². The van der Waals surface area contributed by atoms with Crippen LogP contribution in [-0.4, -0.2) is 6.61 Å². The minimum atomic E-state index is 0.404. The van der Waals surface area contributed by atoms with Crippen molar-refractivity contribution in [1.29, 1.82) is 0 Å². The molecule has 1 atom stereocenters. The molecule has 0 fully saturated rings. The highest BCUT2D eigenvalue weighted by molar-refractivity contribution is 7.10. The average Bonchev–Trinajstić information content (AvgIpc) is 2.53. The molecule has 11 heavy (non-hydrogen) atoms. The van der Waals surface area contributed by atoms with Gasteiger partial charge in [-0.2, -0.15) is 0 Å². The highest BCUT2D eigenvalue weighted by Crippen LogP contribution is 2.36. The van der Waals surface area contributed by atoms with Crippen molar-refractivity contribution in [2.45, 2.75) is 25.9 Å². The van der Waals surface area contributed by atoms with Crippen molar-refractivity contribution < 1.29 is 4.74 Å². The van der Waals surface area contributed by atoms with E-state index in [2.05, 4.69) is 18.4 Å². The molecule has 0 amide bonds. The summed E-state index contributed by atoms with van der Waals surface area (Å²) in [4.78, 5) is 1.53. The summed E-state index contributed by atoms with van der Waals surface area (Å²) in [5, 5.41) is 2.16. The largest absolute Gasteiger partial charge is 0.374 e. The third kappa shape index (κ3) is 1.21. The van der Waals surface area contributed by atoms with Crippen LogP contribution in [0.2, 0.25) is 0 Å². The van der Waals surface area contributed by atoms with Crippen LogP contribution in [0.1, 0.15) is 29.9 Å². The Balaban J connectivity index is 2.18. The van der Waals surface area contributed by atoms with Gasteiger partial charge in [-0.3, -0.25) is 0 Å². The predicted octanol–water partition coefficient (Wildman–Crippen LogP) is 2.77. The molecule has 1 heterocycles. The fraction of sp³-hybridized carbons (Fsp3) is 0.556. The molecule has 0 saturated heterocycles. The third-order valence-electron chi connectivity index (χ3n) is 2.13. The van der Waals surface area contributed by atoms with Gasteiger partial charge >= 0.3 is 0 Å². The van der Waals surface area contributed by atoms with Crippen LogP contribution in [-0.2, 0) is 11.2 Å². The molecule has 1 aromatic rings. The van der Waals surface area contributed by atoms with Crippen LogP contribution in [0.25, 0.3) is 0 Å². The highest BCUT2D eigenvalue weighted by atomic mass is 32.1. The fourth-order valence-corrected chi connectivity index (χ4v) is 2.58. The maximum atomic E-state index is 5.59. The Hall–Kier alpha value is -0.340. The van der Waals surface area contributed by atoms with Gasteiger partial charge in [-0.25, -0.2) is 0 Å². The van der Waals surface area contributed by atoms with Crippen molar-refractivity contribution in [2.24, 2.45) is 0 Å². The molecule has 1 aromatic heterocycles. The second-order valence-corrected chi connectivity index (χ2v) is 3.78. The van der Waals surface area contributed by atoms with Crippen molar-refractivity contribution in [3.05, 3.63) is 21.9 Å². The fourth-order valence-electron chi connectivity index (χ4n) is 1.63. The van der Waals surface area contributed by atoms with Gasteiger partial charge in [-0.15, -0.1) is 11.3 Å². The predicted molar refractivity (Wildman–Crippen MR) is 47.0 cm³/mol. The van der Waals surface area contributed by atoms with E-state index in [9.17, 15) is 0 Å². The van der Waals surface area contributed by atoms with Gasteiger partial charge in [0.2, 0.25) is 0 Å². The summed E-state index contributed by atoms with van der Waals surface area (Å²) in [5.41, 5.74) is 1.44. The Bertz CT molecular complexity index is 241. The minimum absolute atomic E-state index is 0.404. The van der Waals surface area contributed by atoms with Gasteiger partial charge in [-0.05, 0) is 36.8 Å². The molecule has 0 unspecified atom stereocenters. The standard InChI is InChI=1S/C9H12OS/c1-2-10-8-3-4-9-7(8)5-6-11-9/h5-6,8H,2-4H2,1H3/t8-/m0/s1. The zero-order valence-electron chi connectivity index (χ0n) is 6.67. The monoisotopic (exact) mass is 168 g/mol. The van der Waals surface area contributed by atoms with Crippen LogP contribution in [0.15, 0.2) is 11.4 Å². The molecule has 60 valence electrons. The SMILES string of the molecule is CCO[C@H]1CCc2sccc21. The van der Waals surface area contributed by atoms with Crippen LogP contribution >= 0.6 is 11.3 Å². The van der Waals surface area contributed by atoms with Crippen LogP contribution in [0.3, 0.4) is 0 Å². The average molecular weight is 168 g/mol. The summed E-state index contributed by atoms with van der Waals surface area (Å²) in [7, 11) is 0. The van der Waals surface area contributed by atoms with Gasteiger partial charge in [-0.1, -0.05) is 0 Å². The van der Waals surface area contributed by atoms with Crippen LogP contribution in [0.5, 0.6) is 0 Å². The molecule has 0 aliphatic heterocycles. The zero-order chi connectivity index (χ0) is 7.68. The summed E-state index contributed by atoms with van der Waals surface area (Å²) in [5.74, 6) is 0. The molecule has 0 aromatic carbocycles. The lowest BCUT2D eigenvalue weighted by Crippen LogP contribution is -1.98. The van der Waals surface area contributed by atoms with E-state index in [0.717, 1.165) is 6.61 Å². The molecule has 1 nitrogen and oxygen atoms in total. The second kappa shape index (κ2) is 2.95. The first-order valence-corrected chi connectivity index (χ1v) is 4.97. The Labute approximate surface area is 71.0 Å². The Kier molecular flexibility index (Phi) is 1.96. The molecule has 0 bridgehead atoms. The lowest BCUT2D eigenvalue weighted by Gasteiger charge is -2.08. The summed E-state index contributed by atoms with van der Waals surface area (Å²) < 4.78 is 5.59. The van der Waals surface area contributed by atoms with Gasteiger partial charge in [0.1, 0.15) is 0 Å². The zero-order valence-corrected chi connectivity index (χ0v) is 7.49. The van der Waals surface area contributed by atoms with Crippen LogP contribution < -0.4 is 0 Å². The first-order chi connectivity index (χ1) is 5.42. The van der Waals surface area contributed by atoms with Gasteiger partial charge in [0, 0.05) is 11.5 Å². The number of thiophene rings is 1. The van der Waals surface area contributed by atoms with E-state index in [-0.39, 0.29) is 0 Å². The summed E-state index contributed by atoms with van der Waals surface area (Å²) >= 11 is 1.86. The van der Waals surface area contributed by atoms with Gasteiger partial charge in [0.15, 0.2) is 0 Å². The van der Waals surface area contributed by atoms with E-state index in [1.54, 1.807) is 0 Å². The lowest BCUT2D eigenvalue weighted by molar-refractivity contribution is 0.0641. The number of hydrogen-bond acceptors (Lipinski definition) is 2. The molecule has 2 rings (SSSR count). The molecule has 2 heteroatoms. The van der Waals surface area contributed by atoms with Crippen molar-refractivity contribution >= 4 is 11.3 Å². The Morgan fingerprint density at radius 2 is 2.64 bits per heavy atom. The second-order valence-electron chi connectivity index (χ2n) is 2.78. The number of ether oxygens (including phenoxy) is 1. The molecule has 0 spiro atoms. The van der Waals surface area contributed by atoms with Gasteiger partial charge in [0.05, 0.1) is 6.10 Å². The third-order valence-corrected chi connectivity index (χ3v) is 3.12. The smallest absolute Gasteiger partial charge is 0.0838 e. The van der Waals surface area contributed by atoms with E-state index >= 15 is 0 Å². The lowest BCUT2D eigenvalue weighted by atomic mass is 10.2. The van der Waals surface area contributed by atoms with E-state index in [0.29, 0.717) is 6.10 Å². The van der Waals surface area contributed by atoms with Gasteiger partial charge in [0.25, 0.3) is 0 Å². The van der Waals surface area contributed by atoms with Crippen molar-refractivity contribution in [3.8, 4) is 0 Å². The number of rotatable bonds is 2. The summed E-state index contributed by atoms with van der Waals surface area (Å²) in [6.45, 7) is 2.89.